The molecule has 84 valence electrons. The van der Waals surface area contributed by atoms with E-state index in [1.165, 1.54) is 19.2 Å². The molecule has 1 aromatic rings. The van der Waals surface area contributed by atoms with E-state index in [1.807, 2.05) is 6.92 Å². The van der Waals surface area contributed by atoms with E-state index < -0.39 is 0 Å². The summed E-state index contributed by atoms with van der Waals surface area (Å²) in [7, 11) is 0. The van der Waals surface area contributed by atoms with Gasteiger partial charge in [-0.25, -0.2) is 9.97 Å². The van der Waals surface area contributed by atoms with Crippen molar-refractivity contribution in [3.8, 4) is 6.07 Å². The lowest BCUT2D eigenvalue weighted by Gasteiger charge is -2.23. The number of nitriles is 1. The Balaban J connectivity index is 2.24. The van der Waals surface area contributed by atoms with Crippen LogP contribution in [0.2, 0.25) is 5.15 Å². The number of hydrogen-bond donors (Lipinski definition) is 0. The molecule has 1 aliphatic rings. The molecular formula is C11H13ClN4. The van der Waals surface area contributed by atoms with Crippen molar-refractivity contribution >= 4 is 17.4 Å². The molecule has 4 nitrogen and oxygen atoms in total. The van der Waals surface area contributed by atoms with Crippen LogP contribution in [0.4, 0.5) is 5.82 Å². The summed E-state index contributed by atoms with van der Waals surface area (Å²) in [5.74, 6) is 0.873. The second-order valence-electron chi connectivity index (χ2n) is 3.95. The maximum atomic E-state index is 8.65. The summed E-state index contributed by atoms with van der Waals surface area (Å²) in [6, 6.07) is 2.69. The predicted octanol–water partition coefficient (Wildman–Crippen LogP) is 2.32. The Morgan fingerprint density at radius 2 is 2.31 bits per heavy atom. The van der Waals surface area contributed by atoms with Crippen LogP contribution in [0.5, 0.6) is 0 Å². The fourth-order valence-electron chi connectivity index (χ4n) is 1.73. The molecule has 0 atom stereocenters. The molecule has 0 aromatic carbocycles. The van der Waals surface area contributed by atoms with E-state index in [0.717, 1.165) is 17.9 Å². The SMILES string of the molecule is Cc1c(Cl)ncnc1N(CCC#N)C1CC1. The maximum Gasteiger partial charge on any atom is 0.137 e. The third-order valence-electron chi connectivity index (χ3n) is 2.72. The van der Waals surface area contributed by atoms with Crippen molar-refractivity contribution < 1.29 is 0 Å². The molecule has 0 aliphatic heterocycles. The minimum atomic E-state index is 0.493. The molecule has 2 rings (SSSR count). The van der Waals surface area contributed by atoms with Crippen LogP contribution in [0.15, 0.2) is 6.33 Å². The molecule has 0 spiro atoms. The Hall–Kier alpha value is -1.34. The largest absolute Gasteiger partial charge is 0.352 e. The molecule has 0 saturated heterocycles. The van der Waals surface area contributed by atoms with Gasteiger partial charge in [-0.1, -0.05) is 11.6 Å². The van der Waals surface area contributed by atoms with Gasteiger partial charge in [-0.15, -0.1) is 0 Å². The fraction of sp³-hybridized carbons (Fsp3) is 0.545. The van der Waals surface area contributed by atoms with Crippen LogP contribution < -0.4 is 4.90 Å². The van der Waals surface area contributed by atoms with Crippen molar-refractivity contribution in [3.63, 3.8) is 0 Å². The Labute approximate surface area is 99.9 Å². The highest BCUT2D eigenvalue weighted by molar-refractivity contribution is 6.30. The third-order valence-corrected chi connectivity index (χ3v) is 3.10. The van der Waals surface area contributed by atoms with E-state index in [-0.39, 0.29) is 0 Å². The van der Waals surface area contributed by atoms with E-state index in [9.17, 15) is 0 Å². The van der Waals surface area contributed by atoms with Crippen molar-refractivity contribution in [1.29, 1.82) is 5.26 Å². The summed E-state index contributed by atoms with van der Waals surface area (Å²) < 4.78 is 0. The topological polar surface area (TPSA) is 52.8 Å². The normalized spacial score (nSPS) is 14.6. The van der Waals surface area contributed by atoms with Gasteiger partial charge in [0.15, 0.2) is 0 Å². The van der Waals surface area contributed by atoms with Gasteiger partial charge >= 0.3 is 0 Å². The summed E-state index contributed by atoms with van der Waals surface area (Å²) in [6.07, 6.45) is 4.34. The van der Waals surface area contributed by atoms with Crippen LogP contribution in [0.3, 0.4) is 0 Å². The minimum Gasteiger partial charge on any atom is -0.352 e. The van der Waals surface area contributed by atoms with E-state index in [2.05, 4.69) is 20.9 Å². The zero-order valence-electron chi connectivity index (χ0n) is 9.15. The maximum absolute atomic E-state index is 8.65. The zero-order chi connectivity index (χ0) is 11.5. The molecule has 5 heteroatoms. The van der Waals surface area contributed by atoms with Gasteiger partial charge in [0.05, 0.1) is 12.5 Å². The monoisotopic (exact) mass is 236 g/mol. The van der Waals surface area contributed by atoms with Gasteiger partial charge in [0, 0.05) is 18.2 Å². The highest BCUT2D eigenvalue weighted by atomic mass is 35.5. The van der Waals surface area contributed by atoms with Gasteiger partial charge in [-0.2, -0.15) is 5.26 Å². The smallest absolute Gasteiger partial charge is 0.137 e. The quantitative estimate of drug-likeness (QED) is 0.753. The number of rotatable bonds is 4. The van der Waals surface area contributed by atoms with Crippen molar-refractivity contribution in [3.05, 3.63) is 17.0 Å². The van der Waals surface area contributed by atoms with Gasteiger partial charge in [0.25, 0.3) is 0 Å². The first-order valence-electron chi connectivity index (χ1n) is 5.34. The van der Waals surface area contributed by atoms with Gasteiger partial charge < -0.3 is 4.90 Å². The Kier molecular flexibility index (Phi) is 3.25. The third kappa shape index (κ3) is 2.25. The van der Waals surface area contributed by atoms with Gasteiger partial charge in [-0.3, -0.25) is 0 Å². The molecule has 1 aromatic heterocycles. The average molecular weight is 237 g/mol. The number of hydrogen-bond acceptors (Lipinski definition) is 4. The second kappa shape index (κ2) is 4.67. The van der Waals surface area contributed by atoms with Crippen molar-refractivity contribution in [2.45, 2.75) is 32.2 Å². The Morgan fingerprint density at radius 1 is 1.56 bits per heavy atom. The average Bonchev–Trinajstić information content (AvgIpc) is 3.08. The number of halogens is 1. The zero-order valence-corrected chi connectivity index (χ0v) is 9.91. The highest BCUT2D eigenvalue weighted by Gasteiger charge is 2.30. The van der Waals surface area contributed by atoms with Crippen molar-refractivity contribution in [2.75, 3.05) is 11.4 Å². The molecular weight excluding hydrogens is 224 g/mol. The molecule has 0 radical (unpaired) electrons. The summed E-state index contributed by atoms with van der Waals surface area (Å²) in [5, 5.41) is 9.15. The van der Waals surface area contributed by atoms with E-state index >= 15 is 0 Å². The molecule has 0 amide bonds. The van der Waals surface area contributed by atoms with Crippen LogP contribution >= 0.6 is 11.6 Å². The van der Waals surface area contributed by atoms with Crippen molar-refractivity contribution in [1.82, 2.24) is 9.97 Å². The summed E-state index contributed by atoms with van der Waals surface area (Å²) >= 11 is 5.97. The van der Waals surface area contributed by atoms with Crippen molar-refractivity contribution in [2.24, 2.45) is 0 Å². The lowest BCUT2D eigenvalue weighted by molar-refractivity contribution is 0.771. The molecule has 1 heterocycles. The van der Waals surface area contributed by atoms with E-state index in [4.69, 9.17) is 16.9 Å². The second-order valence-corrected chi connectivity index (χ2v) is 4.30. The molecule has 0 bridgehead atoms. The van der Waals surface area contributed by atoms with Crippen LogP contribution in [-0.4, -0.2) is 22.6 Å². The van der Waals surface area contributed by atoms with Crippen LogP contribution in [-0.2, 0) is 0 Å². The van der Waals surface area contributed by atoms with Gasteiger partial charge in [-0.05, 0) is 19.8 Å². The minimum absolute atomic E-state index is 0.493. The summed E-state index contributed by atoms with van der Waals surface area (Å²) in [4.78, 5) is 10.4. The fourth-order valence-corrected chi connectivity index (χ4v) is 1.86. The predicted molar refractivity (Wildman–Crippen MR) is 62.4 cm³/mol. The summed E-state index contributed by atoms with van der Waals surface area (Å²) in [6.45, 7) is 2.63. The van der Waals surface area contributed by atoms with E-state index in [0.29, 0.717) is 17.6 Å². The number of nitrogens with zero attached hydrogens (tertiary/aromatic N) is 4. The standard InChI is InChI=1S/C11H13ClN4/c1-8-10(12)14-7-15-11(8)16(6-2-5-13)9-3-4-9/h7,9H,2-4,6H2,1H3. The molecule has 0 unspecified atom stereocenters. The first-order valence-corrected chi connectivity index (χ1v) is 5.72. The lowest BCUT2D eigenvalue weighted by Crippen LogP contribution is -2.28. The van der Waals surface area contributed by atoms with Crippen LogP contribution in [0.25, 0.3) is 0 Å². The molecule has 1 aliphatic carbocycles. The Morgan fingerprint density at radius 3 is 2.94 bits per heavy atom. The van der Waals surface area contributed by atoms with Crippen LogP contribution in [0, 0.1) is 18.3 Å². The van der Waals surface area contributed by atoms with Gasteiger partial charge in [0.2, 0.25) is 0 Å². The lowest BCUT2D eigenvalue weighted by atomic mass is 10.3. The number of anilines is 1. The molecule has 1 saturated carbocycles. The molecule has 1 fully saturated rings. The first-order chi connectivity index (χ1) is 7.74. The highest BCUT2D eigenvalue weighted by Crippen LogP contribution is 2.33. The number of aromatic nitrogens is 2. The first kappa shape index (κ1) is 11.2. The molecule has 16 heavy (non-hydrogen) atoms. The van der Waals surface area contributed by atoms with Gasteiger partial charge in [0.1, 0.15) is 17.3 Å². The Bertz CT molecular complexity index is 422. The molecule has 0 N–H and O–H groups in total. The van der Waals surface area contributed by atoms with E-state index in [1.54, 1.807) is 0 Å². The summed E-state index contributed by atoms with van der Waals surface area (Å²) in [5.41, 5.74) is 0.897. The van der Waals surface area contributed by atoms with Crippen LogP contribution in [0.1, 0.15) is 24.8 Å².